The lowest BCUT2D eigenvalue weighted by Gasteiger charge is -2.25. The molecule has 1 aromatic heterocycles. The topological polar surface area (TPSA) is 69.6 Å². The van der Waals surface area contributed by atoms with Gasteiger partial charge in [-0.1, -0.05) is 6.92 Å². The second-order valence-electron chi connectivity index (χ2n) is 7.52. The maximum absolute atomic E-state index is 12.8. The Bertz CT molecular complexity index is 1300. The average molecular weight is 383 g/mol. The summed E-state index contributed by atoms with van der Waals surface area (Å²) >= 11 is 0. The van der Waals surface area contributed by atoms with Gasteiger partial charge >= 0.3 is 0 Å². The van der Waals surface area contributed by atoms with E-state index in [2.05, 4.69) is 20.3 Å². The minimum atomic E-state index is -1.14. The number of hydrogen-bond donors (Lipinski definition) is 2. The van der Waals surface area contributed by atoms with Crippen LogP contribution in [-0.2, 0) is 4.79 Å². The van der Waals surface area contributed by atoms with Crippen molar-refractivity contribution < 1.29 is 6.17 Å². The standard InChI is InChI=1S/C24H22N4O/c1-3-16-13-24(15(2)29)14-22-9-8-20(27-22)11-18-5-4-17(25-18)10-19-6-7-21(26-19)12-23(16)28-24/h4-12,14,25,28H,3,13H2,1-2H3/b17-10-,18-11-,21-12-,22-14-/i13D. The van der Waals surface area contributed by atoms with Crippen LogP contribution in [0.1, 0.15) is 28.0 Å². The Balaban J connectivity index is 1.75. The van der Waals surface area contributed by atoms with Gasteiger partial charge in [0, 0.05) is 24.2 Å². The van der Waals surface area contributed by atoms with E-state index >= 15 is 0 Å². The van der Waals surface area contributed by atoms with Crippen molar-refractivity contribution in [2.24, 2.45) is 9.98 Å². The molecule has 0 fully saturated rings. The minimum Gasteiger partial charge on any atom is -0.369 e. The van der Waals surface area contributed by atoms with Gasteiger partial charge in [0.05, 0.1) is 22.8 Å². The number of nitrogens with zero attached hydrogens (tertiary/aromatic N) is 2. The number of hydrogen-bond acceptors (Lipinski definition) is 4. The zero-order chi connectivity index (χ0) is 20.9. The number of nitrogens with one attached hydrogen (secondary N) is 2. The lowest BCUT2D eigenvalue weighted by atomic mass is 9.88. The Labute approximate surface area is 170 Å². The van der Waals surface area contributed by atoms with Gasteiger partial charge < -0.3 is 10.3 Å². The molecule has 2 unspecified atom stereocenters. The van der Waals surface area contributed by atoms with Crippen LogP contribution in [0.3, 0.4) is 0 Å². The minimum absolute atomic E-state index is 0.106. The number of fused-ring (bicyclic) bond motifs is 6. The van der Waals surface area contributed by atoms with Gasteiger partial charge in [-0.3, -0.25) is 4.79 Å². The monoisotopic (exact) mass is 383 g/mol. The molecule has 2 atom stereocenters. The van der Waals surface area contributed by atoms with Gasteiger partial charge in [-0.25, -0.2) is 9.98 Å². The molecule has 0 saturated heterocycles. The van der Waals surface area contributed by atoms with Gasteiger partial charge in [-0.05, 0) is 79.7 Å². The highest BCUT2D eigenvalue weighted by Crippen LogP contribution is 2.34. The van der Waals surface area contributed by atoms with Crippen molar-refractivity contribution in [1.29, 1.82) is 0 Å². The summed E-state index contributed by atoms with van der Waals surface area (Å²) in [6, 6.07) is 4.01. The first-order chi connectivity index (χ1) is 14.5. The number of carbonyl (C=O) groups excluding carboxylic acids is 1. The molecule has 5 rings (SSSR count). The molecule has 5 nitrogen and oxygen atoms in total. The maximum atomic E-state index is 12.8. The van der Waals surface area contributed by atoms with Crippen LogP contribution in [-0.4, -0.2) is 27.7 Å². The molecule has 2 N–H and O–H groups in total. The van der Waals surface area contributed by atoms with E-state index in [1.165, 1.54) is 6.92 Å². The van der Waals surface area contributed by atoms with Crippen molar-refractivity contribution in [2.75, 3.05) is 0 Å². The van der Waals surface area contributed by atoms with Crippen molar-refractivity contribution in [3.8, 4) is 0 Å². The zero-order valence-electron chi connectivity index (χ0n) is 17.4. The molecule has 0 saturated carbocycles. The predicted molar refractivity (Wildman–Crippen MR) is 117 cm³/mol. The van der Waals surface area contributed by atoms with Gasteiger partial charge in [-0.15, -0.1) is 0 Å². The lowest BCUT2D eigenvalue weighted by molar-refractivity contribution is -0.121. The Kier molecular flexibility index (Phi) is 3.72. The molecule has 8 bridgehead atoms. The summed E-state index contributed by atoms with van der Waals surface area (Å²) in [6.07, 6.45) is 15.3. The van der Waals surface area contributed by atoms with Gasteiger partial charge in [0.2, 0.25) is 0 Å². The third-order valence-corrected chi connectivity index (χ3v) is 5.42. The molecule has 0 aromatic carbocycles. The molecule has 0 spiro atoms. The van der Waals surface area contributed by atoms with Gasteiger partial charge in [0.25, 0.3) is 0 Å². The van der Waals surface area contributed by atoms with Gasteiger partial charge in [0.1, 0.15) is 5.54 Å². The third kappa shape index (κ3) is 3.18. The van der Waals surface area contributed by atoms with Crippen LogP contribution in [0.25, 0.3) is 12.2 Å². The quantitative estimate of drug-likeness (QED) is 0.823. The molecule has 4 aliphatic heterocycles. The van der Waals surface area contributed by atoms with Crippen LogP contribution in [0.15, 0.2) is 81.2 Å². The number of ketones is 1. The van der Waals surface area contributed by atoms with E-state index in [1.54, 1.807) is 6.08 Å². The molecule has 0 radical (unpaired) electrons. The largest absolute Gasteiger partial charge is 0.369 e. The fraction of sp³-hybridized carbons (Fsp3) is 0.208. The number of aromatic nitrogens is 1. The Hall–Kier alpha value is -3.47. The number of allylic oxidation sites excluding steroid dienone is 5. The summed E-state index contributed by atoms with van der Waals surface area (Å²) in [7, 11) is 0. The first-order valence-corrected chi connectivity index (χ1v) is 9.78. The molecule has 5 heterocycles. The highest BCUT2D eigenvalue weighted by atomic mass is 16.1. The fourth-order valence-electron chi connectivity index (χ4n) is 3.89. The number of carbonyl (C=O) groups is 1. The number of H-pyrrole nitrogens is 1. The molecule has 144 valence electrons. The van der Waals surface area contributed by atoms with Crippen molar-refractivity contribution >= 4 is 29.4 Å². The van der Waals surface area contributed by atoms with Crippen molar-refractivity contribution in [1.82, 2.24) is 10.3 Å². The molecule has 5 heteroatoms. The first kappa shape index (κ1) is 16.5. The van der Waals surface area contributed by atoms with E-state index < -0.39 is 11.9 Å². The van der Waals surface area contributed by atoms with E-state index in [4.69, 9.17) is 1.37 Å². The molecule has 4 aliphatic rings. The Morgan fingerprint density at radius 1 is 1.07 bits per heavy atom. The van der Waals surface area contributed by atoms with E-state index in [0.717, 1.165) is 39.1 Å². The third-order valence-electron chi connectivity index (χ3n) is 5.42. The molecule has 0 amide bonds. The van der Waals surface area contributed by atoms with E-state index in [-0.39, 0.29) is 5.78 Å². The van der Waals surface area contributed by atoms with Crippen LogP contribution in [0.2, 0.25) is 0 Å². The molecule has 0 aliphatic carbocycles. The van der Waals surface area contributed by atoms with Gasteiger partial charge in [0.15, 0.2) is 5.78 Å². The molecule has 29 heavy (non-hydrogen) atoms. The lowest BCUT2D eigenvalue weighted by Crippen LogP contribution is -2.45. The SMILES string of the molecule is [2H]C1C(CC)=C2/C=C3/C=CC(=N3)/C=c3/cc/c([nH]3)=C/C3=NC(=C\C1(C(C)=O)N2)/C=C3. The number of aromatic amines is 1. The summed E-state index contributed by atoms with van der Waals surface area (Å²) in [5, 5.41) is 5.26. The zero-order valence-corrected chi connectivity index (χ0v) is 16.4. The van der Waals surface area contributed by atoms with Crippen molar-refractivity contribution in [3.05, 3.63) is 82.0 Å². The van der Waals surface area contributed by atoms with E-state index in [1.807, 2.05) is 61.6 Å². The summed E-state index contributed by atoms with van der Waals surface area (Å²) in [5.41, 5.74) is 3.65. The molecule has 1 aromatic rings. The number of Topliss-reactive ketones (excluding diaryl/α,β-unsaturated/α-hetero) is 1. The van der Waals surface area contributed by atoms with E-state index in [9.17, 15) is 4.79 Å². The fourth-order valence-corrected chi connectivity index (χ4v) is 3.89. The summed E-state index contributed by atoms with van der Waals surface area (Å²) in [4.78, 5) is 25.5. The van der Waals surface area contributed by atoms with E-state index in [0.29, 0.717) is 12.1 Å². The molecular formula is C24H22N4O. The van der Waals surface area contributed by atoms with Crippen LogP contribution in [0.4, 0.5) is 0 Å². The Morgan fingerprint density at radius 3 is 2.38 bits per heavy atom. The summed E-state index contributed by atoms with van der Waals surface area (Å²) < 4.78 is 8.90. The highest BCUT2D eigenvalue weighted by Gasteiger charge is 2.40. The smallest absolute Gasteiger partial charge is 0.159 e. The van der Waals surface area contributed by atoms with Crippen molar-refractivity contribution in [3.63, 3.8) is 0 Å². The van der Waals surface area contributed by atoms with Crippen LogP contribution < -0.4 is 16.0 Å². The maximum Gasteiger partial charge on any atom is 0.159 e. The molecular weight excluding hydrogens is 360 g/mol. The van der Waals surface area contributed by atoms with Crippen LogP contribution in [0.5, 0.6) is 0 Å². The number of aliphatic imine (C=N–C) groups is 2. The normalized spacial score (nSPS) is 33.3. The van der Waals surface area contributed by atoms with Gasteiger partial charge in [-0.2, -0.15) is 0 Å². The summed E-state index contributed by atoms with van der Waals surface area (Å²) in [5.74, 6) is -0.106. The Morgan fingerprint density at radius 2 is 1.72 bits per heavy atom. The van der Waals surface area contributed by atoms with Crippen LogP contribution in [0, 0.1) is 0 Å². The second-order valence-corrected chi connectivity index (χ2v) is 7.52. The first-order valence-electron chi connectivity index (χ1n) is 10.4. The van der Waals surface area contributed by atoms with Crippen LogP contribution >= 0.6 is 0 Å². The average Bonchev–Trinajstić information content (AvgIpc) is 3.47. The number of rotatable bonds is 2. The highest BCUT2D eigenvalue weighted by molar-refractivity contribution is 6.20. The van der Waals surface area contributed by atoms with Crippen molar-refractivity contribution in [2.45, 2.75) is 32.2 Å². The summed E-state index contributed by atoms with van der Waals surface area (Å²) in [6.45, 7) is 3.54. The predicted octanol–water partition coefficient (Wildman–Crippen LogP) is 2.36. The second kappa shape index (κ2) is 6.55.